The van der Waals surface area contributed by atoms with Crippen LogP contribution in [0.15, 0.2) is 0 Å². The maximum absolute atomic E-state index is 11.1. The third-order valence-corrected chi connectivity index (χ3v) is 7.77. The van der Waals surface area contributed by atoms with Gasteiger partial charge in [0.15, 0.2) is 6.29 Å². The van der Waals surface area contributed by atoms with Gasteiger partial charge in [0, 0.05) is 6.61 Å². The molecule has 2 fully saturated rings. The maximum Gasteiger partial charge on any atom is 1.00 e. The van der Waals surface area contributed by atoms with E-state index in [0.717, 1.165) is 19.3 Å². The fourth-order valence-corrected chi connectivity index (χ4v) is 5.53. The Hall–Kier alpha value is 0.510. The molecule has 2 aliphatic rings. The molecule has 2 aliphatic heterocycles. The van der Waals surface area contributed by atoms with Crippen LogP contribution in [0.2, 0.25) is 0 Å². The van der Waals surface area contributed by atoms with Crippen molar-refractivity contribution in [3.05, 3.63) is 0 Å². The molecule has 5 N–H and O–H groups in total. The molecule has 0 saturated carbocycles. The predicted molar refractivity (Wildman–Crippen MR) is 141 cm³/mol. The van der Waals surface area contributed by atoms with Crippen molar-refractivity contribution in [1.82, 2.24) is 0 Å². The van der Waals surface area contributed by atoms with Gasteiger partial charge in [0.2, 0.25) is 10.4 Å². The Bertz CT molecular complexity index is 776. The normalized spacial score (nSPS) is 31.2. The van der Waals surface area contributed by atoms with E-state index in [0.29, 0.717) is 6.61 Å². The first-order chi connectivity index (χ1) is 19.1. The van der Waals surface area contributed by atoms with Crippen molar-refractivity contribution in [2.45, 2.75) is 139 Å². The Morgan fingerprint density at radius 3 is 2.00 bits per heavy atom. The summed E-state index contributed by atoms with van der Waals surface area (Å²) in [6.45, 7) is 1.56. The molecule has 0 amide bonds. The summed E-state index contributed by atoms with van der Waals surface area (Å²) in [7, 11) is -5.33. The number of rotatable bonds is 21. The number of unbranched alkanes of at least 4 members (excludes halogenated alkanes) is 11. The summed E-state index contributed by atoms with van der Waals surface area (Å²) in [6, 6.07) is 0. The fourth-order valence-electron chi connectivity index (χ4n) is 5.03. The Kier molecular flexibility index (Phi) is 20.5. The minimum atomic E-state index is -5.33. The van der Waals surface area contributed by atoms with E-state index in [2.05, 4.69) is 11.1 Å². The van der Waals surface area contributed by atoms with Crippen LogP contribution in [0.25, 0.3) is 0 Å². The van der Waals surface area contributed by atoms with Crippen molar-refractivity contribution in [1.29, 1.82) is 0 Å². The van der Waals surface area contributed by atoms with E-state index in [1.807, 2.05) is 0 Å². The van der Waals surface area contributed by atoms with Gasteiger partial charge in [0.1, 0.15) is 48.8 Å². The van der Waals surface area contributed by atoms with Crippen molar-refractivity contribution in [2.75, 3.05) is 26.4 Å². The van der Waals surface area contributed by atoms with Crippen LogP contribution < -0.4 is 29.6 Å². The first-order valence-corrected chi connectivity index (χ1v) is 15.9. The van der Waals surface area contributed by atoms with Crippen LogP contribution >= 0.6 is 0 Å². The molecular formula is C26H49NaO13S. The van der Waals surface area contributed by atoms with Crippen LogP contribution in [0.4, 0.5) is 0 Å². The van der Waals surface area contributed by atoms with Crippen LogP contribution in [0.3, 0.4) is 0 Å². The van der Waals surface area contributed by atoms with Gasteiger partial charge in [0.05, 0.1) is 19.8 Å². The predicted octanol–water partition coefficient (Wildman–Crippen LogP) is -2.50. The third kappa shape index (κ3) is 14.4. The van der Waals surface area contributed by atoms with E-state index in [-0.39, 0.29) is 42.8 Å². The van der Waals surface area contributed by atoms with Crippen LogP contribution in [-0.2, 0) is 33.5 Å². The smallest absolute Gasteiger partial charge is 0.726 e. The molecule has 13 nitrogen and oxygen atoms in total. The van der Waals surface area contributed by atoms with Crippen molar-refractivity contribution in [3.8, 4) is 0 Å². The summed E-state index contributed by atoms with van der Waals surface area (Å²) in [5.41, 5.74) is 0. The number of hydrogen-bond acceptors (Lipinski definition) is 13. The minimum Gasteiger partial charge on any atom is -0.726 e. The van der Waals surface area contributed by atoms with E-state index in [4.69, 9.17) is 18.9 Å². The summed E-state index contributed by atoms with van der Waals surface area (Å²) in [4.78, 5) is 0. The summed E-state index contributed by atoms with van der Waals surface area (Å²) in [5, 5.41) is 51.0. The molecule has 0 radical (unpaired) electrons. The first-order valence-electron chi connectivity index (χ1n) is 14.6. The van der Waals surface area contributed by atoms with Gasteiger partial charge in [0.25, 0.3) is 0 Å². The molecule has 15 heteroatoms. The second-order valence-electron chi connectivity index (χ2n) is 10.7. The first kappa shape index (κ1) is 39.5. The summed E-state index contributed by atoms with van der Waals surface area (Å²) in [6.07, 6.45) is 0.872. The molecule has 41 heavy (non-hydrogen) atoms. The number of aliphatic hydroxyl groups excluding tert-OH is 5. The minimum absolute atomic E-state index is 0. The molecule has 0 aliphatic carbocycles. The van der Waals surface area contributed by atoms with Gasteiger partial charge in [-0.05, 0) is 6.42 Å². The standard InChI is InChI=1S/C26H50O13S.Na/c1-2-3-4-5-6-7-8-9-10-11-12-13-14-35-16-18(28)23-24(19(29)17-36-23)38-26-22(31)25(39-40(32,33)34)21(30)20(15-27)37-26;/h18-31H,2-17H2,1H3,(H,32,33,34);/q;+1/p-1/t18-,19+,20-,21+,22-,23+,24-,25+,26+;/m1./s1. The molecule has 2 saturated heterocycles. The SMILES string of the molecule is CCCCCCCCCCCCCCOC[C@@H](O)[C@@H]1OC[C@H](O)[C@H]1O[C@@H]1O[C@H](CO)[C@H](O)[C@H](OS(=O)(=O)[O-])[C@H]1O.[Na+]. The van der Waals surface area contributed by atoms with Crippen molar-refractivity contribution in [2.24, 2.45) is 0 Å². The quantitative estimate of drug-likeness (QED) is 0.0388. The van der Waals surface area contributed by atoms with E-state index < -0.39 is 72.1 Å². The molecule has 0 unspecified atom stereocenters. The summed E-state index contributed by atoms with van der Waals surface area (Å²) in [5.74, 6) is 0. The number of aliphatic hydroxyl groups is 5. The Balaban J connectivity index is 0.00000840. The molecule has 2 rings (SSSR count). The van der Waals surface area contributed by atoms with Gasteiger partial charge in [-0.1, -0.05) is 77.6 Å². The Morgan fingerprint density at radius 2 is 1.46 bits per heavy atom. The molecular weight excluding hydrogens is 575 g/mol. The van der Waals surface area contributed by atoms with E-state index in [1.54, 1.807) is 0 Å². The molecule has 238 valence electrons. The molecule has 0 aromatic carbocycles. The summed E-state index contributed by atoms with van der Waals surface area (Å²) >= 11 is 0. The average Bonchev–Trinajstić information content (AvgIpc) is 3.27. The molecule has 0 spiro atoms. The topological polar surface area (TPSA) is 204 Å². The Morgan fingerprint density at radius 1 is 0.902 bits per heavy atom. The molecule has 0 aromatic rings. The zero-order valence-corrected chi connectivity index (χ0v) is 27.2. The van der Waals surface area contributed by atoms with E-state index >= 15 is 0 Å². The van der Waals surface area contributed by atoms with Crippen molar-refractivity contribution >= 4 is 10.4 Å². The monoisotopic (exact) mass is 624 g/mol. The Labute approximate surface area is 266 Å². The van der Waals surface area contributed by atoms with Gasteiger partial charge in [-0.15, -0.1) is 0 Å². The second kappa shape index (κ2) is 21.3. The van der Waals surface area contributed by atoms with Crippen LogP contribution in [-0.4, -0.2) is 120 Å². The van der Waals surface area contributed by atoms with Gasteiger partial charge in [-0.25, -0.2) is 8.42 Å². The molecule has 0 aromatic heterocycles. The zero-order valence-electron chi connectivity index (χ0n) is 24.4. The van der Waals surface area contributed by atoms with Crippen LogP contribution in [0.1, 0.15) is 84.0 Å². The largest absolute Gasteiger partial charge is 1.00 e. The van der Waals surface area contributed by atoms with Crippen LogP contribution in [0, 0.1) is 0 Å². The van der Waals surface area contributed by atoms with Gasteiger partial charge in [-0.2, -0.15) is 0 Å². The fraction of sp³-hybridized carbons (Fsp3) is 1.00. The van der Waals surface area contributed by atoms with Gasteiger partial charge < -0.3 is 49.0 Å². The van der Waals surface area contributed by atoms with Crippen LogP contribution in [0.5, 0.6) is 0 Å². The second-order valence-corrected chi connectivity index (χ2v) is 11.7. The van der Waals surface area contributed by atoms with Crippen molar-refractivity contribution < 1.29 is 91.2 Å². The zero-order chi connectivity index (χ0) is 29.5. The molecule has 9 atom stereocenters. The van der Waals surface area contributed by atoms with Crippen molar-refractivity contribution in [3.63, 3.8) is 0 Å². The molecule has 2 heterocycles. The molecule has 0 bridgehead atoms. The van der Waals surface area contributed by atoms with Gasteiger partial charge in [-0.3, -0.25) is 4.18 Å². The summed E-state index contributed by atoms with van der Waals surface area (Å²) < 4.78 is 59.3. The number of ether oxygens (including phenoxy) is 4. The maximum atomic E-state index is 11.1. The van der Waals surface area contributed by atoms with E-state index in [9.17, 15) is 38.5 Å². The third-order valence-electron chi connectivity index (χ3n) is 7.31. The van der Waals surface area contributed by atoms with Gasteiger partial charge >= 0.3 is 29.6 Å². The van der Waals surface area contributed by atoms with E-state index in [1.165, 1.54) is 57.8 Å². The number of hydrogen-bond donors (Lipinski definition) is 5. The average molecular weight is 625 g/mol.